The van der Waals surface area contributed by atoms with Crippen LogP contribution in [-0.4, -0.2) is 22.9 Å². The highest BCUT2D eigenvalue weighted by atomic mass is 35.5. The maximum absolute atomic E-state index is 12.7. The number of carbonyl (C=O) groups is 1. The van der Waals surface area contributed by atoms with Gasteiger partial charge in [0.25, 0.3) is 0 Å². The lowest BCUT2D eigenvalue weighted by Crippen LogP contribution is -2.41. The molecule has 3 rings (SSSR count). The Morgan fingerprint density at radius 3 is 2.48 bits per heavy atom. The molecule has 2 unspecified atom stereocenters. The molecule has 0 bridgehead atoms. The zero-order chi connectivity index (χ0) is 14.8. The molecule has 0 spiro atoms. The van der Waals surface area contributed by atoms with Gasteiger partial charge in [-0.25, -0.2) is 0 Å². The Morgan fingerprint density at radius 2 is 1.86 bits per heavy atom. The Kier molecular flexibility index (Phi) is 4.51. The van der Waals surface area contributed by atoms with E-state index in [0.717, 1.165) is 29.8 Å². The van der Waals surface area contributed by atoms with Crippen molar-refractivity contribution in [1.82, 2.24) is 10.2 Å². The van der Waals surface area contributed by atoms with Crippen LogP contribution in [0.1, 0.15) is 57.2 Å². The van der Waals surface area contributed by atoms with Gasteiger partial charge in [-0.15, -0.1) is 0 Å². The SMILES string of the molecule is CCC1NC(c2ccc(Cl)cc2)N(C2CCCCC2)C1=O. The number of carbonyl (C=O) groups excluding carboxylic acids is 1. The van der Waals surface area contributed by atoms with Crippen molar-refractivity contribution in [3.05, 3.63) is 34.9 Å². The second-order valence-electron chi connectivity index (χ2n) is 6.12. The van der Waals surface area contributed by atoms with E-state index in [1.807, 2.05) is 24.3 Å². The molecule has 1 aromatic carbocycles. The van der Waals surface area contributed by atoms with E-state index in [2.05, 4.69) is 17.1 Å². The summed E-state index contributed by atoms with van der Waals surface area (Å²) in [4.78, 5) is 14.8. The van der Waals surface area contributed by atoms with Gasteiger partial charge in [0.2, 0.25) is 5.91 Å². The summed E-state index contributed by atoms with van der Waals surface area (Å²) in [7, 11) is 0. The van der Waals surface area contributed by atoms with Gasteiger partial charge in [-0.1, -0.05) is 49.9 Å². The average Bonchev–Trinajstić information content (AvgIpc) is 2.85. The quantitative estimate of drug-likeness (QED) is 0.919. The summed E-state index contributed by atoms with van der Waals surface area (Å²) in [5.41, 5.74) is 1.13. The van der Waals surface area contributed by atoms with Crippen LogP contribution in [0.4, 0.5) is 0 Å². The summed E-state index contributed by atoms with van der Waals surface area (Å²) >= 11 is 5.99. The van der Waals surface area contributed by atoms with Crippen LogP contribution in [0.3, 0.4) is 0 Å². The molecule has 2 aliphatic rings. The monoisotopic (exact) mass is 306 g/mol. The number of hydrogen-bond donors (Lipinski definition) is 1. The highest BCUT2D eigenvalue weighted by molar-refractivity contribution is 6.30. The number of hydrogen-bond acceptors (Lipinski definition) is 2. The fraction of sp³-hybridized carbons (Fsp3) is 0.588. The molecule has 0 radical (unpaired) electrons. The minimum absolute atomic E-state index is 0.00261. The zero-order valence-corrected chi connectivity index (χ0v) is 13.3. The third-order valence-corrected chi connectivity index (χ3v) is 5.00. The molecule has 4 heteroatoms. The number of nitrogens with one attached hydrogen (secondary N) is 1. The predicted octanol–water partition coefficient (Wildman–Crippen LogP) is 3.88. The van der Waals surface area contributed by atoms with Gasteiger partial charge in [-0.05, 0) is 37.0 Å². The van der Waals surface area contributed by atoms with Crippen molar-refractivity contribution in [2.75, 3.05) is 0 Å². The summed E-state index contributed by atoms with van der Waals surface area (Å²) in [6.45, 7) is 2.07. The van der Waals surface area contributed by atoms with E-state index in [1.165, 1.54) is 19.3 Å². The van der Waals surface area contributed by atoms with Crippen molar-refractivity contribution in [3.63, 3.8) is 0 Å². The van der Waals surface area contributed by atoms with Crippen molar-refractivity contribution in [1.29, 1.82) is 0 Å². The Labute approximate surface area is 131 Å². The molecule has 1 saturated carbocycles. The van der Waals surface area contributed by atoms with Crippen LogP contribution in [0.25, 0.3) is 0 Å². The smallest absolute Gasteiger partial charge is 0.241 e. The minimum atomic E-state index is -0.0485. The Hall–Kier alpha value is -1.06. The summed E-state index contributed by atoms with van der Waals surface area (Å²) in [5, 5.41) is 4.24. The van der Waals surface area contributed by atoms with Crippen LogP contribution in [-0.2, 0) is 4.79 Å². The molecule has 1 saturated heterocycles. The Bertz CT molecular complexity index is 496. The topological polar surface area (TPSA) is 32.3 Å². The lowest BCUT2D eigenvalue weighted by Gasteiger charge is -2.35. The van der Waals surface area contributed by atoms with Gasteiger partial charge in [0.1, 0.15) is 6.17 Å². The Morgan fingerprint density at radius 1 is 1.19 bits per heavy atom. The average molecular weight is 307 g/mol. The lowest BCUT2D eigenvalue weighted by atomic mass is 9.93. The number of amides is 1. The lowest BCUT2D eigenvalue weighted by molar-refractivity contribution is -0.133. The highest BCUT2D eigenvalue weighted by Gasteiger charge is 2.42. The first-order valence-corrected chi connectivity index (χ1v) is 8.42. The third kappa shape index (κ3) is 2.95. The normalized spacial score (nSPS) is 27.3. The number of nitrogens with zero attached hydrogens (tertiary/aromatic N) is 1. The van der Waals surface area contributed by atoms with Crippen LogP contribution in [0.15, 0.2) is 24.3 Å². The molecule has 1 N–H and O–H groups in total. The van der Waals surface area contributed by atoms with Gasteiger partial charge in [-0.3, -0.25) is 10.1 Å². The van der Waals surface area contributed by atoms with E-state index in [9.17, 15) is 4.79 Å². The van der Waals surface area contributed by atoms with Crippen LogP contribution < -0.4 is 5.32 Å². The van der Waals surface area contributed by atoms with E-state index in [4.69, 9.17) is 11.6 Å². The number of rotatable bonds is 3. The third-order valence-electron chi connectivity index (χ3n) is 4.75. The van der Waals surface area contributed by atoms with E-state index in [0.29, 0.717) is 6.04 Å². The first kappa shape index (κ1) is 14.9. The maximum Gasteiger partial charge on any atom is 0.241 e. The zero-order valence-electron chi connectivity index (χ0n) is 12.5. The highest BCUT2D eigenvalue weighted by Crippen LogP contribution is 2.34. The van der Waals surface area contributed by atoms with Gasteiger partial charge in [0.05, 0.1) is 6.04 Å². The number of halogens is 1. The molecule has 1 aromatic rings. The molecular weight excluding hydrogens is 284 g/mol. The van der Waals surface area contributed by atoms with Gasteiger partial charge in [-0.2, -0.15) is 0 Å². The summed E-state index contributed by atoms with van der Waals surface area (Å²) in [6, 6.07) is 8.20. The van der Waals surface area contributed by atoms with Crippen molar-refractivity contribution >= 4 is 17.5 Å². The van der Waals surface area contributed by atoms with Crippen molar-refractivity contribution in [2.45, 2.75) is 63.7 Å². The van der Waals surface area contributed by atoms with Crippen LogP contribution >= 0.6 is 11.6 Å². The molecule has 1 aliphatic heterocycles. The second-order valence-corrected chi connectivity index (χ2v) is 6.56. The first-order valence-electron chi connectivity index (χ1n) is 8.04. The minimum Gasteiger partial charge on any atom is -0.319 e. The van der Waals surface area contributed by atoms with Crippen LogP contribution in [0, 0.1) is 0 Å². The second kappa shape index (κ2) is 6.37. The van der Waals surface area contributed by atoms with Gasteiger partial charge in [0, 0.05) is 11.1 Å². The van der Waals surface area contributed by atoms with Gasteiger partial charge in [0.15, 0.2) is 0 Å². The molecule has 2 atom stereocenters. The summed E-state index contributed by atoms with van der Waals surface area (Å²) in [6.07, 6.45) is 6.88. The van der Waals surface area contributed by atoms with Gasteiger partial charge >= 0.3 is 0 Å². The van der Waals surface area contributed by atoms with Crippen molar-refractivity contribution < 1.29 is 4.79 Å². The summed E-state index contributed by atoms with van der Waals surface area (Å²) in [5.74, 6) is 0.268. The molecule has 114 valence electrons. The maximum atomic E-state index is 12.7. The molecular formula is C17H23ClN2O. The van der Waals surface area contributed by atoms with E-state index in [1.54, 1.807) is 0 Å². The molecule has 1 aliphatic carbocycles. The fourth-order valence-electron chi connectivity index (χ4n) is 3.59. The van der Waals surface area contributed by atoms with E-state index >= 15 is 0 Å². The van der Waals surface area contributed by atoms with Crippen LogP contribution in [0.5, 0.6) is 0 Å². The largest absolute Gasteiger partial charge is 0.319 e. The van der Waals surface area contributed by atoms with E-state index < -0.39 is 0 Å². The molecule has 1 heterocycles. The van der Waals surface area contributed by atoms with E-state index in [-0.39, 0.29) is 18.1 Å². The van der Waals surface area contributed by atoms with Crippen molar-refractivity contribution in [2.24, 2.45) is 0 Å². The van der Waals surface area contributed by atoms with Crippen molar-refractivity contribution in [3.8, 4) is 0 Å². The molecule has 2 fully saturated rings. The molecule has 1 amide bonds. The Balaban J connectivity index is 1.88. The molecule has 21 heavy (non-hydrogen) atoms. The molecule has 0 aromatic heterocycles. The first-order chi connectivity index (χ1) is 10.2. The predicted molar refractivity (Wildman–Crippen MR) is 85.1 cm³/mol. The van der Waals surface area contributed by atoms with Crippen LogP contribution in [0.2, 0.25) is 5.02 Å². The summed E-state index contributed by atoms with van der Waals surface area (Å²) < 4.78 is 0. The standard InChI is InChI=1S/C17H23ClN2O/c1-2-15-17(21)20(14-6-4-3-5-7-14)16(19-15)12-8-10-13(18)11-9-12/h8-11,14-16,19H,2-7H2,1H3. The fourth-order valence-corrected chi connectivity index (χ4v) is 3.72. The molecule has 3 nitrogen and oxygen atoms in total. The number of benzene rings is 1. The van der Waals surface area contributed by atoms with Gasteiger partial charge < -0.3 is 4.90 Å².